The minimum absolute atomic E-state index is 0.0545. The van der Waals surface area contributed by atoms with Crippen molar-refractivity contribution in [2.24, 2.45) is 7.05 Å². The van der Waals surface area contributed by atoms with Crippen LogP contribution in [0.3, 0.4) is 0 Å². The topological polar surface area (TPSA) is 64.3 Å². The summed E-state index contributed by atoms with van der Waals surface area (Å²) >= 11 is 0. The summed E-state index contributed by atoms with van der Waals surface area (Å²) in [5, 5.41) is 12.7. The highest BCUT2D eigenvalue weighted by atomic mass is 19.1. The molecule has 1 aromatic carbocycles. The molecule has 2 rings (SSSR count). The molecule has 6 heteroatoms. The molecule has 0 radical (unpaired) electrons. The molecule has 0 spiro atoms. The van der Waals surface area contributed by atoms with Gasteiger partial charge in [-0.05, 0) is 17.7 Å². The van der Waals surface area contributed by atoms with Gasteiger partial charge in [-0.3, -0.25) is 4.68 Å². The van der Waals surface area contributed by atoms with Gasteiger partial charge in [-0.15, -0.1) is 0 Å². The van der Waals surface area contributed by atoms with Gasteiger partial charge in [0.25, 0.3) is 0 Å². The van der Waals surface area contributed by atoms with Crippen LogP contribution in [0.15, 0.2) is 36.7 Å². The van der Waals surface area contributed by atoms with E-state index < -0.39 is 11.8 Å². The summed E-state index contributed by atoms with van der Waals surface area (Å²) < 4.78 is 20.9. The molecule has 110 valence electrons. The summed E-state index contributed by atoms with van der Waals surface area (Å²) in [7, 11) is 1.82. The maximum absolute atomic E-state index is 13.8. The Labute approximate surface area is 121 Å². The van der Waals surface area contributed by atoms with Gasteiger partial charge in [0.15, 0.2) is 11.6 Å². The van der Waals surface area contributed by atoms with E-state index in [0.717, 1.165) is 11.6 Å². The molecular weight excluding hydrogens is 275 g/mol. The maximum atomic E-state index is 13.8. The number of halogens is 1. The Kier molecular flexibility index (Phi) is 4.71. The van der Waals surface area contributed by atoms with Crippen LogP contribution >= 0.6 is 0 Å². The third kappa shape index (κ3) is 4.17. The van der Waals surface area contributed by atoms with Gasteiger partial charge in [0, 0.05) is 31.3 Å². The molecule has 0 fully saturated rings. The van der Waals surface area contributed by atoms with E-state index in [9.17, 15) is 9.18 Å². The second-order valence-electron chi connectivity index (χ2n) is 4.45. The predicted octanol–water partition coefficient (Wildman–Crippen LogP) is 2.28. The van der Waals surface area contributed by atoms with Crippen LogP contribution in [-0.4, -0.2) is 27.5 Å². The van der Waals surface area contributed by atoms with E-state index in [2.05, 4.69) is 5.10 Å². The zero-order valence-corrected chi connectivity index (χ0v) is 11.5. The number of rotatable bonds is 6. The van der Waals surface area contributed by atoms with Gasteiger partial charge in [-0.25, -0.2) is 9.18 Å². The fraction of sp³-hybridized carbons (Fsp3) is 0.200. The fourth-order valence-corrected chi connectivity index (χ4v) is 1.84. The molecular formula is C15H15FN2O3. The zero-order chi connectivity index (χ0) is 15.2. The van der Waals surface area contributed by atoms with E-state index in [1.165, 1.54) is 18.2 Å². The second kappa shape index (κ2) is 6.69. The van der Waals surface area contributed by atoms with Crippen molar-refractivity contribution in [2.45, 2.75) is 6.42 Å². The highest BCUT2D eigenvalue weighted by Crippen LogP contribution is 2.24. The Morgan fingerprint density at radius 3 is 3.00 bits per heavy atom. The van der Waals surface area contributed by atoms with E-state index in [1.807, 2.05) is 13.2 Å². The van der Waals surface area contributed by atoms with Crippen molar-refractivity contribution in [1.29, 1.82) is 0 Å². The molecule has 0 bridgehead atoms. The first-order valence-corrected chi connectivity index (χ1v) is 6.36. The monoisotopic (exact) mass is 290 g/mol. The number of carbonyl (C=O) groups is 1. The highest BCUT2D eigenvalue weighted by molar-refractivity contribution is 5.85. The molecule has 0 aliphatic carbocycles. The predicted molar refractivity (Wildman–Crippen MR) is 75.5 cm³/mol. The summed E-state index contributed by atoms with van der Waals surface area (Å²) in [5.41, 5.74) is 1.38. The average Bonchev–Trinajstić information content (AvgIpc) is 2.84. The minimum Gasteiger partial charge on any atom is -0.490 e. The van der Waals surface area contributed by atoms with Gasteiger partial charge in [0.1, 0.15) is 0 Å². The molecule has 2 aromatic rings. The fourth-order valence-electron chi connectivity index (χ4n) is 1.84. The lowest BCUT2D eigenvalue weighted by atomic mass is 10.1. The number of para-hydroxylation sites is 1. The Hall–Kier alpha value is -2.63. The van der Waals surface area contributed by atoms with Crippen LogP contribution in [0.4, 0.5) is 4.39 Å². The standard InChI is InChI=1S/C15H15FN2O3/c1-18-10-11(9-17-18)7-8-21-15-12(5-6-14(19)20)3-2-4-13(15)16/h2-6,9-10H,7-8H2,1H3,(H,19,20)/b6-5+. The smallest absolute Gasteiger partial charge is 0.328 e. The number of hydrogen-bond donors (Lipinski definition) is 1. The molecule has 0 amide bonds. The molecule has 1 N–H and O–H groups in total. The number of hydrogen-bond acceptors (Lipinski definition) is 3. The highest BCUT2D eigenvalue weighted by Gasteiger charge is 2.08. The van der Waals surface area contributed by atoms with Crippen LogP contribution in [-0.2, 0) is 18.3 Å². The van der Waals surface area contributed by atoms with Gasteiger partial charge in [0.2, 0.25) is 0 Å². The van der Waals surface area contributed by atoms with E-state index >= 15 is 0 Å². The molecule has 0 aliphatic rings. The minimum atomic E-state index is -1.10. The average molecular weight is 290 g/mol. The number of benzene rings is 1. The number of aryl methyl sites for hydroxylation is 1. The first-order valence-electron chi connectivity index (χ1n) is 6.36. The van der Waals surface area contributed by atoms with E-state index in [1.54, 1.807) is 16.9 Å². The Morgan fingerprint density at radius 1 is 1.52 bits per heavy atom. The summed E-state index contributed by atoms with van der Waals surface area (Å²) in [4.78, 5) is 10.5. The Morgan fingerprint density at radius 2 is 2.33 bits per heavy atom. The Bertz CT molecular complexity index is 665. The van der Waals surface area contributed by atoms with Gasteiger partial charge in [-0.2, -0.15) is 5.10 Å². The molecule has 1 heterocycles. The lowest BCUT2D eigenvalue weighted by Gasteiger charge is -2.09. The molecule has 0 saturated carbocycles. The molecule has 0 atom stereocenters. The van der Waals surface area contributed by atoms with Crippen LogP contribution in [0.25, 0.3) is 6.08 Å². The van der Waals surface area contributed by atoms with Crippen LogP contribution < -0.4 is 4.74 Å². The summed E-state index contributed by atoms with van der Waals surface area (Å²) in [6.07, 6.45) is 6.42. The van der Waals surface area contributed by atoms with Crippen LogP contribution in [0.2, 0.25) is 0 Å². The van der Waals surface area contributed by atoms with Crippen molar-refractivity contribution >= 4 is 12.0 Å². The van der Waals surface area contributed by atoms with Gasteiger partial charge in [-0.1, -0.05) is 12.1 Å². The van der Waals surface area contributed by atoms with Crippen LogP contribution in [0.1, 0.15) is 11.1 Å². The second-order valence-corrected chi connectivity index (χ2v) is 4.45. The molecule has 0 saturated heterocycles. The normalized spacial score (nSPS) is 11.0. The van der Waals surface area contributed by atoms with Crippen molar-refractivity contribution in [1.82, 2.24) is 9.78 Å². The number of aliphatic carboxylic acids is 1. The third-order valence-electron chi connectivity index (χ3n) is 2.80. The van der Waals surface area contributed by atoms with Crippen LogP contribution in [0, 0.1) is 5.82 Å². The van der Waals surface area contributed by atoms with Crippen molar-refractivity contribution in [3.63, 3.8) is 0 Å². The molecule has 0 aliphatic heterocycles. The summed E-state index contributed by atoms with van der Waals surface area (Å²) in [6, 6.07) is 4.38. The quantitative estimate of drug-likeness (QED) is 0.829. The first-order chi connectivity index (χ1) is 10.1. The number of ether oxygens (including phenoxy) is 1. The Balaban J connectivity index is 2.06. The number of nitrogens with zero attached hydrogens (tertiary/aromatic N) is 2. The summed E-state index contributed by atoms with van der Waals surface area (Å²) in [5.74, 6) is -1.56. The van der Waals surface area contributed by atoms with E-state index in [-0.39, 0.29) is 12.4 Å². The van der Waals surface area contributed by atoms with Gasteiger partial charge < -0.3 is 9.84 Å². The largest absolute Gasteiger partial charge is 0.490 e. The zero-order valence-electron chi connectivity index (χ0n) is 11.5. The third-order valence-corrected chi connectivity index (χ3v) is 2.80. The van der Waals surface area contributed by atoms with Gasteiger partial charge in [0.05, 0.1) is 12.8 Å². The molecule has 1 aromatic heterocycles. The molecule has 5 nitrogen and oxygen atoms in total. The lowest BCUT2D eigenvalue weighted by Crippen LogP contribution is -2.04. The summed E-state index contributed by atoms with van der Waals surface area (Å²) in [6.45, 7) is 0.278. The van der Waals surface area contributed by atoms with Crippen molar-refractivity contribution in [3.8, 4) is 5.75 Å². The number of carboxylic acids is 1. The van der Waals surface area contributed by atoms with Crippen LogP contribution in [0.5, 0.6) is 5.75 Å². The first kappa shape index (κ1) is 14.8. The van der Waals surface area contributed by atoms with Gasteiger partial charge >= 0.3 is 5.97 Å². The number of aromatic nitrogens is 2. The lowest BCUT2D eigenvalue weighted by molar-refractivity contribution is -0.131. The van der Waals surface area contributed by atoms with Crippen molar-refractivity contribution < 1.29 is 19.0 Å². The van der Waals surface area contributed by atoms with E-state index in [0.29, 0.717) is 12.0 Å². The number of carboxylic acid groups (broad SMARTS) is 1. The molecule has 21 heavy (non-hydrogen) atoms. The SMILES string of the molecule is Cn1cc(CCOc2c(F)cccc2/C=C/C(=O)O)cn1. The maximum Gasteiger partial charge on any atom is 0.328 e. The van der Waals surface area contributed by atoms with E-state index in [4.69, 9.17) is 9.84 Å². The molecule has 0 unspecified atom stereocenters. The van der Waals surface area contributed by atoms with Crippen molar-refractivity contribution in [2.75, 3.05) is 6.61 Å². The van der Waals surface area contributed by atoms with Crippen molar-refractivity contribution in [3.05, 3.63) is 53.6 Å².